The fourth-order valence-corrected chi connectivity index (χ4v) is 2.45. The summed E-state index contributed by atoms with van der Waals surface area (Å²) in [5, 5.41) is 0.402. The van der Waals surface area contributed by atoms with Gasteiger partial charge in [-0.3, -0.25) is 16.3 Å². The standard InChI is InChI=1S/C15H17ClFN3/c1-2-10-4-3-7-19-15(10)14(20-18)8-11-5-6-12(17)9-13(11)16/h3-7,9,14,20H,2,8,18H2,1H3. The lowest BCUT2D eigenvalue weighted by Gasteiger charge is -2.19. The van der Waals surface area contributed by atoms with E-state index in [1.807, 2.05) is 12.1 Å². The maximum Gasteiger partial charge on any atom is 0.124 e. The molecule has 20 heavy (non-hydrogen) atoms. The van der Waals surface area contributed by atoms with Crippen molar-refractivity contribution in [3.63, 3.8) is 0 Å². The Morgan fingerprint density at radius 2 is 2.15 bits per heavy atom. The molecule has 2 rings (SSSR count). The zero-order chi connectivity index (χ0) is 14.5. The van der Waals surface area contributed by atoms with Gasteiger partial charge in [0, 0.05) is 11.2 Å². The first kappa shape index (κ1) is 14.9. The molecule has 0 spiro atoms. The lowest BCUT2D eigenvalue weighted by molar-refractivity contribution is 0.533. The van der Waals surface area contributed by atoms with Gasteiger partial charge in [0.05, 0.1) is 11.7 Å². The van der Waals surface area contributed by atoms with Gasteiger partial charge in [0.25, 0.3) is 0 Å². The van der Waals surface area contributed by atoms with Gasteiger partial charge in [0.15, 0.2) is 0 Å². The number of aromatic nitrogens is 1. The molecule has 1 unspecified atom stereocenters. The van der Waals surface area contributed by atoms with Crippen molar-refractivity contribution >= 4 is 11.6 Å². The molecule has 0 aliphatic rings. The van der Waals surface area contributed by atoms with Crippen molar-refractivity contribution in [3.8, 4) is 0 Å². The highest BCUT2D eigenvalue weighted by Crippen LogP contribution is 2.24. The van der Waals surface area contributed by atoms with E-state index in [-0.39, 0.29) is 11.9 Å². The summed E-state index contributed by atoms with van der Waals surface area (Å²) >= 11 is 6.06. The molecule has 1 aromatic heterocycles. The summed E-state index contributed by atoms with van der Waals surface area (Å²) in [6.45, 7) is 2.07. The number of nitrogens with zero attached hydrogens (tertiary/aromatic N) is 1. The Bertz CT molecular complexity index is 589. The Balaban J connectivity index is 2.29. The van der Waals surface area contributed by atoms with Gasteiger partial charge in [-0.25, -0.2) is 4.39 Å². The highest BCUT2D eigenvalue weighted by molar-refractivity contribution is 6.31. The molecule has 1 atom stereocenters. The van der Waals surface area contributed by atoms with Crippen LogP contribution in [0.4, 0.5) is 4.39 Å². The van der Waals surface area contributed by atoms with Crippen LogP contribution in [0.15, 0.2) is 36.5 Å². The van der Waals surface area contributed by atoms with E-state index < -0.39 is 0 Å². The van der Waals surface area contributed by atoms with E-state index in [1.54, 1.807) is 12.3 Å². The maximum absolute atomic E-state index is 13.1. The van der Waals surface area contributed by atoms with Crippen molar-refractivity contribution in [1.82, 2.24) is 10.4 Å². The molecule has 0 saturated carbocycles. The van der Waals surface area contributed by atoms with Crippen LogP contribution in [-0.2, 0) is 12.8 Å². The molecule has 1 aromatic carbocycles. The van der Waals surface area contributed by atoms with Crippen LogP contribution in [0.3, 0.4) is 0 Å². The van der Waals surface area contributed by atoms with Crippen LogP contribution < -0.4 is 11.3 Å². The minimum absolute atomic E-state index is 0.158. The van der Waals surface area contributed by atoms with E-state index in [9.17, 15) is 4.39 Å². The molecule has 0 radical (unpaired) electrons. The lowest BCUT2D eigenvalue weighted by atomic mass is 9.99. The zero-order valence-electron chi connectivity index (χ0n) is 11.2. The second-order valence-corrected chi connectivity index (χ2v) is 4.97. The molecule has 3 nitrogen and oxygen atoms in total. The number of nitrogens with two attached hydrogens (primary N) is 1. The van der Waals surface area contributed by atoms with Crippen molar-refractivity contribution in [3.05, 3.63) is 64.2 Å². The summed E-state index contributed by atoms with van der Waals surface area (Å²) < 4.78 is 13.1. The van der Waals surface area contributed by atoms with Crippen LogP contribution in [0, 0.1) is 5.82 Å². The number of aryl methyl sites for hydroxylation is 1. The minimum Gasteiger partial charge on any atom is -0.271 e. The topological polar surface area (TPSA) is 50.9 Å². The molecule has 0 aliphatic carbocycles. The molecule has 0 amide bonds. The van der Waals surface area contributed by atoms with Gasteiger partial charge >= 0.3 is 0 Å². The second kappa shape index (κ2) is 6.79. The molecule has 0 saturated heterocycles. The average molecular weight is 294 g/mol. The Morgan fingerprint density at radius 1 is 1.35 bits per heavy atom. The predicted octanol–water partition coefficient (Wildman–Crippen LogP) is 3.18. The SMILES string of the molecule is CCc1cccnc1C(Cc1ccc(F)cc1Cl)NN. The summed E-state index contributed by atoms with van der Waals surface area (Å²) in [5.74, 6) is 5.30. The lowest BCUT2D eigenvalue weighted by Crippen LogP contribution is -2.31. The van der Waals surface area contributed by atoms with Crippen LogP contribution in [0.1, 0.15) is 29.8 Å². The van der Waals surface area contributed by atoms with Gasteiger partial charge in [-0.05, 0) is 42.2 Å². The molecule has 2 aromatic rings. The number of hydrogen-bond donors (Lipinski definition) is 2. The van der Waals surface area contributed by atoms with Crippen molar-refractivity contribution in [2.24, 2.45) is 5.84 Å². The summed E-state index contributed by atoms with van der Waals surface area (Å²) in [5.41, 5.74) is 5.64. The smallest absolute Gasteiger partial charge is 0.124 e. The second-order valence-electron chi connectivity index (χ2n) is 4.56. The van der Waals surface area contributed by atoms with Gasteiger partial charge < -0.3 is 0 Å². The zero-order valence-corrected chi connectivity index (χ0v) is 12.0. The number of hydrogen-bond acceptors (Lipinski definition) is 3. The minimum atomic E-state index is -0.344. The highest BCUT2D eigenvalue weighted by atomic mass is 35.5. The molecular formula is C15H17ClFN3. The highest BCUT2D eigenvalue weighted by Gasteiger charge is 2.16. The predicted molar refractivity (Wildman–Crippen MR) is 78.8 cm³/mol. The van der Waals surface area contributed by atoms with Gasteiger partial charge in [-0.15, -0.1) is 0 Å². The molecule has 0 fully saturated rings. The Hall–Kier alpha value is -1.49. The molecule has 5 heteroatoms. The van der Waals surface area contributed by atoms with E-state index in [4.69, 9.17) is 17.4 Å². The summed E-state index contributed by atoms with van der Waals surface area (Å²) in [7, 11) is 0. The third kappa shape index (κ3) is 3.33. The first-order valence-corrected chi connectivity index (χ1v) is 6.87. The summed E-state index contributed by atoms with van der Waals surface area (Å²) in [6, 6.07) is 8.16. The van der Waals surface area contributed by atoms with Gasteiger partial charge in [-0.1, -0.05) is 30.7 Å². The van der Waals surface area contributed by atoms with Gasteiger partial charge in [-0.2, -0.15) is 0 Å². The quantitative estimate of drug-likeness (QED) is 0.657. The monoisotopic (exact) mass is 293 g/mol. The van der Waals surface area contributed by atoms with Crippen LogP contribution >= 0.6 is 11.6 Å². The van der Waals surface area contributed by atoms with Crippen molar-refractivity contribution in [2.75, 3.05) is 0 Å². The molecule has 1 heterocycles. The third-order valence-electron chi connectivity index (χ3n) is 3.28. The van der Waals surface area contributed by atoms with Gasteiger partial charge in [0.1, 0.15) is 5.82 Å². The van der Waals surface area contributed by atoms with E-state index in [2.05, 4.69) is 17.3 Å². The van der Waals surface area contributed by atoms with Crippen LogP contribution in [0.5, 0.6) is 0 Å². The molecular weight excluding hydrogens is 277 g/mol. The Labute approximate surface area is 122 Å². The summed E-state index contributed by atoms with van der Waals surface area (Å²) in [4.78, 5) is 4.40. The van der Waals surface area contributed by atoms with E-state index >= 15 is 0 Å². The van der Waals surface area contributed by atoms with Crippen LogP contribution in [0.25, 0.3) is 0 Å². The number of nitrogens with one attached hydrogen (secondary N) is 1. The molecule has 0 aliphatic heterocycles. The third-order valence-corrected chi connectivity index (χ3v) is 3.63. The first-order chi connectivity index (χ1) is 9.65. The van der Waals surface area contributed by atoms with Crippen LogP contribution in [0.2, 0.25) is 5.02 Å². The van der Waals surface area contributed by atoms with Crippen molar-refractivity contribution in [1.29, 1.82) is 0 Å². The average Bonchev–Trinajstić information content (AvgIpc) is 2.46. The van der Waals surface area contributed by atoms with E-state index in [0.29, 0.717) is 11.4 Å². The Morgan fingerprint density at radius 3 is 2.80 bits per heavy atom. The largest absolute Gasteiger partial charge is 0.271 e. The summed E-state index contributed by atoms with van der Waals surface area (Å²) in [6.07, 6.45) is 3.17. The molecule has 106 valence electrons. The van der Waals surface area contributed by atoms with E-state index in [0.717, 1.165) is 23.2 Å². The molecule has 3 N–H and O–H groups in total. The number of rotatable bonds is 5. The van der Waals surface area contributed by atoms with Gasteiger partial charge in [0.2, 0.25) is 0 Å². The van der Waals surface area contributed by atoms with E-state index in [1.165, 1.54) is 12.1 Å². The number of benzene rings is 1. The number of hydrazine groups is 1. The fourth-order valence-electron chi connectivity index (χ4n) is 2.21. The number of pyridine rings is 1. The van der Waals surface area contributed by atoms with Crippen molar-refractivity contribution in [2.45, 2.75) is 25.8 Å². The van der Waals surface area contributed by atoms with Crippen LogP contribution in [-0.4, -0.2) is 4.98 Å². The fraction of sp³-hybridized carbons (Fsp3) is 0.267. The first-order valence-electron chi connectivity index (χ1n) is 6.49. The maximum atomic E-state index is 13.1. The normalized spacial score (nSPS) is 12.4. The molecule has 0 bridgehead atoms. The Kier molecular flexibility index (Phi) is 5.06. The van der Waals surface area contributed by atoms with Crippen molar-refractivity contribution < 1.29 is 4.39 Å². The number of halogens is 2.